The zero-order valence-corrected chi connectivity index (χ0v) is 21.8. The second kappa shape index (κ2) is 14.8. The van der Waals surface area contributed by atoms with Crippen LogP contribution in [-0.2, 0) is 20.8 Å². The summed E-state index contributed by atoms with van der Waals surface area (Å²) in [5, 5.41) is 7.09. The van der Waals surface area contributed by atoms with E-state index in [1.165, 1.54) is 0 Å². The maximum atomic E-state index is 13.9. The van der Waals surface area contributed by atoms with Crippen LogP contribution >= 0.6 is 0 Å². The first-order valence-electron chi connectivity index (χ1n) is 12.8. The number of aromatic nitrogens is 2. The number of allylic oxidation sites excluding steroid dienone is 1. The van der Waals surface area contributed by atoms with Crippen molar-refractivity contribution in [2.45, 2.75) is 38.9 Å². The fraction of sp³-hybridized carbons (Fsp3) is 0.667. The Kier molecular flexibility index (Phi) is 11.5. The predicted octanol–water partition coefficient (Wildman–Crippen LogP) is 1.61. The SMILES string of the molecule is Cc1nn(CCCN2CCOCC2)cc1\N=C/C(=C(\N=C\N)NCCCN1CCCOCC1=O)C(F)(F)F. The number of nitrogens with zero attached hydrogens (tertiary/aromatic N) is 6. The minimum atomic E-state index is -4.72. The quantitative estimate of drug-likeness (QED) is 0.234. The molecule has 1 amide bonds. The van der Waals surface area contributed by atoms with Crippen molar-refractivity contribution in [1.82, 2.24) is 24.9 Å². The second-order valence-electron chi connectivity index (χ2n) is 9.03. The molecule has 212 valence electrons. The van der Waals surface area contributed by atoms with Gasteiger partial charge in [-0.25, -0.2) is 4.99 Å². The van der Waals surface area contributed by atoms with Gasteiger partial charge in [0.15, 0.2) is 0 Å². The molecule has 0 radical (unpaired) electrons. The van der Waals surface area contributed by atoms with Crippen LogP contribution in [0, 0.1) is 6.92 Å². The van der Waals surface area contributed by atoms with E-state index in [0.29, 0.717) is 44.0 Å². The topological polar surface area (TPSA) is 123 Å². The van der Waals surface area contributed by atoms with Gasteiger partial charge in [0, 0.05) is 58.6 Å². The van der Waals surface area contributed by atoms with Gasteiger partial charge in [0.25, 0.3) is 0 Å². The normalized spacial score (nSPS) is 18.8. The summed E-state index contributed by atoms with van der Waals surface area (Å²) in [5.41, 5.74) is 5.15. The zero-order valence-electron chi connectivity index (χ0n) is 21.8. The molecule has 2 saturated heterocycles. The number of alkyl halides is 3. The first-order chi connectivity index (χ1) is 18.3. The van der Waals surface area contributed by atoms with E-state index >= 15 is 0 Å². The molecule has 2 aliphatic rings. The molecule has 3 N–H and O–H groups in total. The van der Waals surface area contributed by atoms with E-state index in [1.54, 1.807) is 22.7 Å². The van der Waals surface area contributed by atoms with E-state index in [1.807, 2.05) is 0 Å². The van der Waals surface area contributed by atoms with Gasteiger partial charge in [0.05, 0.1) is 31.4 Å². The Bertz CT molecular complexity index is 987. The maximum Gasteiger partial charge on any atom is 0.421 e. The number of aryl methyl sites for hydroxylation is 2. The number of ether oxygens (including phenoxy) is 2. The summed E-state index contributed by atoms with van der Waals surface area (Å²) in [6, 6.07) is 0. The van der Waals surface area contributed by atoms with Crippen molar-refractivity contribution in [1.29, 1.82) is 0 Å². The van der Waals surface area contributed by atoms with Crippen molar-refractivity contribution in [3.05, 3.63) is 23.3 Å². The van der Waals surface area contributed by atoms with Crippen LogP contribution in [-0.4, -0.2) is 110 Å². The molecule has 11 nitrogen and oxygen atoms in total. The number of carbonyl (C=O) groups excluding carboxylic acids is 1. The third-order valence-electron chi connectivity index (χ3n) is 6.17. The van der Waals surface area contributed by atoms with Gasteiger partial charge in [-0.3, -0.25) is 19.4 Å². The Morgan fingerprint density at radius 2 is 1.95 bits per heavy atom. The molecule has 0 unspecified atom stereocenters. The van der Waals surface area contributed by atoms with E-state index in [9.17, 15) is 18.0 Å². The lowest BCUT2D eigenvalue weighted by Gasteiger charge is -2.26. The van der Waals surface area contributed by atoms with Crippen molar-refractivity contribution in [3.63, 3.8) is 0 Å². The first kappa shape index (κ1) is 29.6. The van der Waals surface area contributed by atoms with E-state index in [2.05, 4.69) is 25.3 Å². The molecule has 0 aromatic carbocycles. The maximum absolute atomic E-state index is 13.9. The number of hydrogen-bond acceptors (Lipinski definition) is 8. The summed E-state index contributed by atoms with van der Waals surface area (Å²) >= 11 is 0. The summed E-state index contributed by atoms with van der Waals surface area (Å²) in [7, 11) is 0. The Morgan fingerprint density at radius 1 is 1.16 bits per heavy atom. The fourth-order valence-corrected chi connectivity index (χ4v) is 4.16. The van der Waals surface area contributed by atoms with E-state index in [-0.39, 0.29) is 19.1 Å². The number of aliphatic imine (C=N–C) groups is 2. The van der Waals surface area contributed by atoms with Crippen LogP contribution < -0.4 is 11.1 Å². The molecule has 2 fully saturated rings. The van der Waals surface area contributed by atoms with Gasteiger partial charge in [0.2, 0.25) is 5.91 Å². The van der Waals surface area contributed by atoms with Crippen molar-refractivity contribution in [3.8, 4) is 0 Å². The predicted molar refractivity (Wildman–Crippen MR) is 137 cm³/mol. The standard InChI is InChI=1S/C24H37F3N8O3/c1-19-21(16-35(32-19)9-3-6-33-10-13-37-14-11-33)30-15-20(24(25,26)27)23(31-18-28)29-5-2-7-34-8-4-12-38-17-22(34)36/h15-16,18,29H,2-14,17H2,1H3,(H2,28,31)/b23-20+,30-15-. The third kappa shape index (κ3) is 9.40. The van der Waals surface area contributed by atoms with E-state index in [4.69, 9.17) is 15.2 Å². The van der Waals surface area contributed by atoms with Gasteiger partial charge in [0.1, 0.15) is 23.7 Å². The number of nitrogens with two attached hydrogens (primary N) is 1. The lowest BCUT2D eigenvalue weighted by molar-refractivity contribution is -0.133. The van der Waals surface area contributed by atoms with Crippen LogP contribution in [0.4, 0.5) is 18.9 Å². The van der Waals surface area contributed by atoms with Gasteiger partial charge < -0.3 is 25.4 Å². The number of nitrogens with one attached hydrogen (secondary N) is 1. The fourth-order valence-electron chi connectivity index (χ4n) is 4.16. The molecule has 0 aliphatic carbocycles. The number of halogens is 3. The molecule has 0 atom stereocenters. The van der Waals surface area contributed by atoms with Crippen molar-refractivity contribution >= 4 is 24.1 Å². The summed E-state index contributed by atoms with van der Waals surface area (Å²) in [5.74, 6) is -0.566. The molecule has 1 aromatic rings. The lowest BCUT2D eigenvalue weighted by Crippen LogP contribution is -2.37. The van der Waals surface area contributed by atoms with Crippen molar-refractivity contribution in [2.75, 3.05) is 65.7 Å². The highest BCUT2D eigenvalue weighted by atomic mass is 19.4. The minimum Gasteiger partial charge on any atom is -0.390 e. The van der Waals surface area contributed by atoms with Gasteiger partial charge in [-0.05, 0) is 26.2 Å². The van der Waals surface area contributed by atoms with Gasteiger partial charge in [-0.2, -0.15) is 18.3 Å². The van der Waals surface area contributed by atoms with Gasteiger partial charge >= 0.3 is 6.18 Å². The molecule has 0 bridgehead atoms. The molecule has 38 heavy (non-hydrogen) atoms. The number of amides is 1. The molecule has 14 heteroatoms. The monoisotopic (exact) mass is 542 g/mol. The van der Waals surface area contributed by atoms with Crippen LogP contribution in [0.1, 0.15) is 25.0 Å². The molecule has 3 rings (SSSR count). The van der Waals surface area contributed by atoms with E-state index in [0.717, 1.165) is 58.2 Å². The molecule has 3 heterocycles. The minimum absolute atomic E-state index is 0.0224. The summed E-state index contributed by atoms with van der Waals surface area (Å²) in [4.78, 5) is 23.8. The van der Waals surface area contributed by atoms with Crippen LogP contribution in [0.5, 0.6) is 0 Å². The van der Waals surface area contributed by atoms with Crippen molar-refractivity contribution < 1.29 is 27.4 Å². The number of morpholine rings is 1. The van der Waals surface area contributed by atoms with Gasteiger partial charge in [-0.15, -0.1) is 0 Å². The van der Waals surface area contributed by atoms with Crippen LogP contribution in [0.2, 0.25) is 0 Å². The number of rotatable bonds is 12. The third-order valence-corrected chi connectivity index (χ3v) is 6.17. The summed E-state index contributed by atoms with van der Waals surface area (Å²) in [6.45, 7) is 8.13. The van der Waals surface area contributed by atoms with Crippen LogP contribution in [0.15, 0.2) is 27.6 Å². The van der Waals surface area contributed by atoms with Crippen LogP contribution in [0.3, 0.4) is 0 Å². The Labute approximate surface area is 220 Å². The van der Waals surface area contributed by atoms with Gasteiger partial charge in [-0.1, -0.05) is 0 Å². The van der Waals surface area contributed by atoms with Crippen LogP contribution in [0.25, 0.3) is 0 Å². The molecular weight excluding hydrogens is 505 g/mol. The molecule has 0 spiro atoms. The van der Waals surface area contributed by atoms with Crippen molar-refractivity contribution in [2.24, 2.45) is 15.7 Å². The molecular formula is C24H37F3N8O3. The Balaban J connectivity index is 1.62. The highest BCUT2D eigenvalue weighted by Gasteiger charge is 2.36. The highest BCUT2D eigenvalue weighted by molar-refractivity contribution is 5.84. The number of hydrogen-bond donors (Lipinski definition) is 2. The second-order valence-corrected chi connectivity index (χ2v) is 9.03. The zero-order chi connectivity index (χ0) is 27.4. The average molecular weight is 543 g/mol. The molecule has 0 saturated carbocycles. The summed E-state index contributed by atoms with van der Waals surface area (Å²) < 4.78 is 54.1. The summed E-state index contributed by atoms with van der Waals surface area (Å²) in [6.07, 6.45) is 0.461. The smallest absolute Gasteiger partial charge is 0.390 e. The largest absolute Gasteiger partial charge is 0.421 e. The Hall–Kier alpha value is -2.97. The first-order valence-corrected chi connectivity index (χ1v) is 12.8. The molecule has 1 aromatic heterocycles. The average Bonchev–Trinajstić information content (AvgIpc) is 3.09. The Morgan fingerprint density at radius 3 is 2.68 bits per heavy atom. The molecule has 2 aliphatic heterocycles. The highest BCUT2D eigenvalue weighted by Crippen LogP contribution is 2.28. The number of carbonyl (C=O) groups is 1. The lowest BCUT2D eigenvalue weighted by atomic mass is 10.2. The van der Waals surface area contributed by atoms with E-state index < -0.39 is 17.6 Å².